The maximum absolute atomic E-state index is 11.9. The lowest BCUT2D eigenvalue weighted by Crippen LogP contribution is -2.23. The number of carbonyl (C=O) groups excluding carboxylic acids is 1. The van der Waals surface area contributed by atoms with E-state index in [1.165, 1.54) is 30.0 Å². The second-order valence-corrected chi connectivity index (χ2v) is 5.75. The quantitative estimate of drug-likeness (QED) is 0.619. The molecule has 0 spiro atoms. The zero-order chi connectivity index (χ0) is 14.5. The molecule has 0 saturated heterocycles. The highest BCUT2D eigenvalue weighted by molar-refractivity contribution is 8.00. The van der Waals surface area contributed by atoms with Crippen LogP contribution in [-0.2, 0) is 4.79 Å². The molecule has 2 aromatic heterocycles. The Morgan fingerprint density at radius 3 is 3.05 bits per heavy atom. The summed E-state index contributed by atoms with van der Waals surface area (Å²) < 4.78 is 4.90. The van der Waals surface area contributed by atoms with Crippen molar-refractivity contribution < 1.29 is 9.53 Å². The summed E-state index contributed by atoms with van der Waals surface area (Å²) in [5.41, 5.74) is 1.19. The van der Waals surface area contributed by atoms with Gasteiger partial charge in [0.05, 0.1) is 18.4 Å². The van der Waals surface area contributed by atoms with Crippen molar-refractivity contribution in [3.63, 3.8) is 0 Å². The van der Waals surface area contributed by atoms with Crippen LogP contribution < -0.4 is 15.6 Å². The van der Waals surface area contributed by atoms with E-state index in [1.807, 2.05) is 0 Å². The molecule has 2 rings (SSSR count). The summed E-state index contributed by atoms with van der Waals surface area (Å²) in [5, 5.41) is 10.2. The van der Waals surface area contributed by atoms with E-state index >= 15 is 0 Å². The van der Waals surface area contributed by atoms with Gasteiger partial charge in [0.2, 0.25) is 16.9 Å². The normalized spacial score (nSPS) is 11.9. The molecule has 0 unspecified atom stereocenters. The number of amides is 1. The number of nitrogens with one attached hydrogen (secondary N) is 2. The Labute approximate surface area is 122 Å². The highest BCUT2D eigenvalue weighted by Crippen LogP contribution is 2.21. The zero-order valence-corrected chi connectivity index (χ0v) is 12.2. The van der Waals surface area contributed by atoms with Crippen LogP contribution in [0.15, 0.2) is 21.5 Å². The van der Waals surface area contributed by atoms with Gasteiger partial charge >= 0.3 is 0 Å². The number of H-pyrrole nitrogens is 1. The fraction of sp³-hybridized carbons (Fsp3) is 0.300. The molecule has 0 bridgehead atoms. The number of anilines is 1. The fourth-order valence-corrected chi connectivity index (χ4v) is 2.48. The van der Waals surface area contributed by atoms with Crippen LogP contribution in [-0.4, -0.2) is 38.4 Å². The first kappa shape index (κ1) is 14.5. The third kappa shape index (κ3) is 3.78. The summed E-state index contributed by atoms with van der Waals surface area (Å²) >= 11 is 2.34. The van der Waals surface area contributed by atoms with Gasteiger partial charge in [-0.05, 0) is 6.92 Å². The van der Waals surface area contributed by atoms with Gasteiger partial charge in [0, 0.05) is 0 Å². The largest absolute Gasteiger partial charge is 0.481 e. The Hall–Kier alpha value is -1.94. The second kappa shape index (κ2) is 6.48. The lowest BCUT2D eigenvalue weighted by Gasteiger charge is -2.09. The van der Waals surface area contributed by atoms with E-state index in [9.17, 15) is 9.59 Å². The highest BCUT2D eigenvalue weighted by atomic mass is 32.2. The van der Waals surface area contributed by atoms with Gasteiger partial charge in [-0.1, -0.05) is 23.1 Å². The van der Waals surface area contributed by atoms with Crippen molar-refractivity contribution in [2.45, 2.75) is 17.3 Å². The molecule has 0 aromatic carbocycles. The summed E-state index contributed by atoms with van der Waals surface area (Å²) in [6.07, 6.45) is 0. The fourth-order valence-electron chi connectivity index (χ4n) is 1.23. The van der Waals surface area contributed by atoms with Crippen LogP contribution in [0.2, 0.25) is 0 Å². The van der Waals surface area contributed by atoms with Crippen LogP contribution in [0.1, 0.15) is 6.92 Å². The van der Waals surface area contributed by atoms with Gasteiger partial charge < -0.3 is 9.72 Å². The number of hydrogen-bond donors (Lipinski definition) is 2. The molecule has 8 nitrogen and oxygen atoms in total. The minimum atomic E-state index is -0.464. The van der Waals surface area contributed by atoms with Crippen molar-refractivity contribution >= 4 is 34.1 Å². The van der Waals surface area contributed by atoms with Crippen molar-refractivity contribution in [2.24, 2.45) is 0 Å². The SMILES string of the molecule is COc1cc(=O)[nH]c(S[C@H](C)C(=O)Nc2nncs2)n1. The molecule has 0 aliphatic rings. The smallest absolute Gasteiger partial charge is 0.255 e. The standard InChI is InChI=1S/C10H11N5O3S2/c1-5(8(17)14-10-15-11-4-19-10)20-9-12-6(16)3-7(13-9)18-2/h3-5H,1-2H3,(H,12,13,16)(H,14,15,17)/t5-/m1/s1. The molecular weight excluding hydrogens is 302 g/mol. The third-order valence-corrected chi connectivity index (χ3v) is 3.74. The Kier molecular flexibility index (Phi) is 4.69. The summed E-state index contributed by atoms with van der Waals surface area (Å²) in [5.74, 6) is -0.0507. The van der Waals surface area contributed by atoms with Gasteiger partial charge in [-0.2, -0.15) is 4.98 Å². The molecular formula is C10H11N5O3S2. The summed E-state index contributed by atoms with van der Waals surface area (Å²) in [6.45, 7) is 1.69. The molecule has 2 aromatic rings. The molecule has 2 N–H and O–H groups in total. The Bertz CT molecular complexity index is 643. The number of carbonyl (C=O) groups is 1. The Balaban J connectivity index is 2.03. The number of aromatic nitrogens is 4. The highest BCUT2D eigenvalue weighted by Gasteiger charge is 2.17. The number of rotatable bonds is 5. The van der Waals surface area contributed by atoms with Gasteiger partial charge in [-0.15, -0.1) is 10.2 Å². The van der Waals surface area contributed by atoms with Crippen molar-refractivity contribution in [2.75, 3.05) is 12.4 Å². The van der Waals surface area contributed by atoms with Crippen LogP contribution in [0, 0.1) is 0 Å². The Morgan fingerprint density at radius 2 is 2.40 bits per heavy atom. The predicted molar refractivity (Wildman–Crippen MR) is 75.3 cm³/mol. The first-order valence-corrected chi connectivity index (χ1v) is 7.23. The van der Waals surface area contributed by atoms with E-state index in [1.54, 1.807) is 6.92 Å². The monoisotopic (exact) mass is 313 g/mol. The Morgan fingerprint density at radius 1 is 1.60 bits per heavy atom. The molecule has 0 fully saturated rings. The van der Waals surface area contributed by atoms with Crippen molar-refractivity contribution in [3.8, 4) is 5.88 Å². The number of methoxy groups -OCH3 is 1. The molecule has 1 atom stereocenters. The van der Waals surface area contributed by atoms with Crippen LogP contribution >= 0.6 is 23.1 Å². The topological polar surface area (TPSA) is 110 Å². The van der Waals surface area contributed by atoms with Gasteiger partial charge in [0.25, 0.3) is 5.56 Å². The van der Waals surface area contributed by atoms with Crippen LogP contribution in [0.5, 0.6) is 5.88 Å². The number of aromatic amines is 1. The molecule has 1 amide bonds. The van der Waals surface area contributed by atoms with Gasteiger partial charge in [-0.25, -0.2) is 0 Å². The zero-order valence-electron chi connectivity index (χ0n) is 10.6. The number of ether oxygens (including phenoxy) is 1. The lowest BCUT2D eigenvalue weighted by molar-refractivity contribution is -0.115. The maximum atomic E-state index is 11.9. The van der Waals surface area contributed by atoms with E-state index in [2.05, 4.69) is 25.5 Å². The molecule has 0 saturated carbocycles. The lowest BCUT2D eigenvalue weighted by atomic mass is 10.4. The molecule has 0 radical (unpaired) electrons. The summed E-state index contributed by atoms with van der Waals surface area (Å²) in [7, 11) is 1.42. The van der Waals surface area contributed by atoms with Crippen LogP contribution in [0.3, 0.4) is 0 Å². The second-order valence-electron chi connectivity index (χ2n) is 3.59. The minimum absolute atomic E-state index is 0.202. The van der Waals surface area contributed by atoms with E-state index in [-0.39, 0.29) is 17.3 Å². The average Bonchev–Trinajstić information content (AvgIpc) is 2.90. The predicted octanol–water partition coefficient (Wildman–Crippen LogP) is 0.749. The van der Waals surface area contributed by atoms with Crippen molar-refractivity contribution in [1.82, 2.24) is 20.2 Å². The first-order valence-electron chi connectivity index (χ1n) is 5.47. The average molecular weight is 313 g/mol. The van der Waals surface area contributed by atoms with Crippen LogP contribution in [0.25, 0.3) is 0 Å². The molecule has 0 aliphatic heterocycles. The van der Waals surface area contributed by atoms with Gasteiger partial charge in [0.1, 0.15) is 5.51 Å². The molecule has 10 heteroatoms. The number of nitrogens with zero attached hydrogens (tertiary/aromatic N) is 3. The number of hydrogen-bond acceptors (Lipinski definition) is 8. The first-order chi connectivity index (χ1) is 9.58. The van der Waals surface area contributed by atoms with E-state index < -0.39 is 5.25 Å². The van der Waals surface area contributed by atoms with Crippen molar-refractivity contribution in [1.29, 1.82) is 0 Å². The number of thioether (sulfide) groups is 1. The minimum Gasteiger partial charge on any atom is -0.481 e. The summed E-state index contributed by atoms with van der Waals surface area (Å²) in [6, 6.07) is 1.23. The maximum Gasteiger partial charge on any atom is 0.255 e. The molecule has 2 heterocycles. The van der Waals surface area contributed by atoms with E-state index in [0.29, 0.717) is 10.3 Å². The third-order valence-electron chi connectivity index (χ3n) is 2.15. The van der Waals surface area contributed by atoms with Crippen LogP contribution in [0.4, 0.5) is 5.13 Å². The van der Waals surface area contributed by atoms with Gasteiger partial charge in [-0.3, -0.25) is 14.9 Å². The molecule has 106 valence electrons. The van der Waals surface area contributed by atoms with Gasteiger partial charge in [0.15, 0.2) is 5.16 Å². The molecule has 0 aliphatic carbocycles. The van der Waals surface area contributed by atoms with Crippen molar-refractivity contribution in [3.05, 3.63) is 21.9 Å². The van der Waals surface area contributed by atoms with E-state index in [0.717, 1.165) is 11.8 Å². The summed E-state index contributed by atoms with van der Waals surface area (Å²) in [4.78, 5) is 29.9. The molecule has 20 heavy (non-hydrogen) atoms. The van der Waals surface area contributed by atoms with E-state index in [4.69, 9.17) is 4.74 Å².